The van der Waals surface area contributed by atoms with Crippen molar-refractivity contribution in [1.82, 2.24) is 4.68 Å². The van der Waals surface area contributed by atoms with Gasteiger partial charge in [-0.2, -0.15) is 5.10 Å². The summed E-state index contributed by atoms with van der Waals surface area (Å²) in [6, 6.07) is 14.2. The molecule has 0 atom stereocenters. The molecule has 116 valence electrons. The van der Waals surface area contributed by atoms with Gasteiger partial charge in [0.15, 0.2) is 0 Å². The number of thiazole rings is 1. The zero-order chi connectivity index (χ0) is 16.2. The fourth-order valence-corrected chi connectivity index (χ4v) is 3.27. The van der Waals surface area contributed by atoms with E-state index in [9.17, 15) is 4.39 Å². The van der Waals surface area contributed by atoms with Crippen LogP contribution in [0.2, 0.25) is 0 Å². The summed E-state index contributed by atoms with van der Waals surface area (Å²) in [7, 11) is 1.73. The number of hydrogen-bond acceptors (Lipinski definition) is 3. The molecule has 0 aliphatic heterocycles. The predicted molar refractivity (Wildman–Crippen MR) is 96.3 cm³/mol. The molecular formula is C17H13BrFN3S. The maximum atomic E-state index is 13.1. The lowest BCUT2D eigenvalue weighted by Crippen LogP contribution is -2.11. The third-order valence-electron chi connectivity index (χ3n) is 3.23. The van der Waals surface area contributed by atoms with Crippen molar-refractivity contribution in [2.75, 3.05) is 7.05 Å². The van der Waals surface area contributed by atoms with E-state index >= 15 is 0 Å². The van der Waals surface area contributed by atoms with Crippen LogP contribution in [0.15, 0.2) is 68.5 Å². The average molecular weight is 390 g/mol. The van der Waals surface area contributed by atoms with Crippen molar-refractivity contribution >= 4 is 33.5 Å². The van der Waals surface area contributed by atoms with Gasteiger partial charge in [-0.05, 0) is 30.3 Å². The van der Waals surface area contributed by atoms with Crippen LogP contribution in [0.25, 0.3) is 11.3 Å². The molecule has 6 heteroatoms. The maximum absolute atomic E-state index is 13.1. The molecule has 23 heavy (non-hydrogen) atoms. The van der Waals surface area contributed by atoms with E-state index < -0.39 is 0 Å². The monoisotopic (exact) mass is 389 g/mol. The average Bonchev–Trinajstić information content (AvgIpc) is 2.98. The van der Waals surface area contributed by atoms with Crippen LogP contribution in [-0.4, -0.2) is 17.9 Å². The molecule has 1 aromatic heterocycles. The molecule has 0 aliphatic carbocycles. The summed E-state index contributed by atoms with van der Waals surface area (Å²) in [5, 5.41) is 6.52. The van der Waals surface area contributed by atoms with Crippen LogP contribution in [-0.2, 0) is 0 Å². The Morgan fingerprint density at radius 2 is 1.87 bits per heavy atom. The van der Waals surface area contributed by atoms with Crippen molar-refractivity contribution in [3.05, 3.63) is 74.6 Å². The van der Waals surface area contributed by atoms with Crippen molar-refractivity contribution in [2.45, 2.75) is 0 Å². The smallest absolute Gasteiger partial charge is 0.205 e. The molecule has 0 aliphatic rings. The van der Waals surface area contributed by atoms with Gasteiger partial charge in [-0.15, -0.1) is 11.3 Å². The first-order valence-electron chi connectivity index (χ1n) is 6.87. The Balaban J connectivity index is 2.06. The van der Waals surface area contributed by atoms with Gasteiger partial charge < -0.3 is 0 Å². The number of halogens is 2. The number of aromatic nitrogens is 1. The zero-order valence-electron chi connectivity index (χ0n) is 12.3. The normalized spacial score (nSPS) is 12.2. The molecule has 0 N–H and O–H groups in total. The minimum absolute atomic E-state index is 0.257. The van der Waals surface area contributed by atoms with Crippen LogP contribution in [0.1, 0.15) is 5.56 Å². The number of benzene rings is 2. The van der Waals surface area contributed by atoms with Crippen molar-refractivity contribution < 1.29 is 4.39 Å². The highest BCUT2D eigenvalue weighted by atomic mass is 79.9. The second kappa shape index (κ2) is 7.02. The second-order valence-electron chi connectivity index (χ2n) is 4.71. The first kappa shape index (κ1) is 15.8. The molecule has 3 rings (SSSR count). The van der Waals surface area contributed by atoms with Crippen LogP contribution in [0, 0.1) is 5.82 Å². The summed E-state index contributed by atoms with van der Waals surface area (Å²) < 4.78 is 15.9. The molecule has 0 radical (unpaired) electrons. The van der Waals surface area contributed by atoms with E-state index in [0.29, 0.717) is 0 Å². The van der Waals surface area contributed by atoms with E-state index in [1.165, 1.54) is 23.5 Å². The zero-order valence-corrected chi connectivity index (χ0v) is 14.7. The quantitative estimate of drug-likeness (QED) is 0.589. The van der Waals surface area contributed by atoms with E-state index in [1.807, 2.05) is 29.6 Å². The molecule has 1 heterocycles. The fraction of sp³-hybridized carbons (Fsp3) is 0.0588. The summed E-state index contributed by atoms with van der Waals surface area (Å²) in [5.41, 5.74) is 2.74. The van der Waals surface area contributed by atoms with Gasteiger partial charge in [0.05, 0.1) is 11.9 Å². The minimum atomic E-state index is -0.257. The number of nitrogens with zero attached hydrogens (tertiary/aromatic N) is 3. The largest absolute Gasteiger partial charge is 0.261 e. The second-order valence-corrected chi connectivity index (χ2v) is 6.40. The van der Waals surface area contributed by atoms with Gasteiger partial charge in [0.1, 0.15) is 5.82 Å². The lowest BCUT2D eigenvalue weighted by Gasteiger charge is -2.04. The summed E-state index contributed by atoms with van der Waals surface area (Å²) in [6.45, 7) is 0. The van der Waals surface area contributed by atoms with Crippen LogP contribution < -0.4 is 4.80 Å². The van der Waals surface area contributed by atoms with Crippen LogP contribution in [0.3, 0.4) is 0 Å². The van der Waals surface area contributed by atoms with Crippen molar-refractivity contribution in [3.63, 3.8) is 0 Å². The molecular weight excluding hydrogens is 377 g/mol. The Hall–Kier alpha value is -2.05. The maximum Gasteiger partial charge on any atom is 0.205 e. The summed E-state index contributed by atoms with van der Waals surface area (Å²) >= 11 is 5.00. The van der Waals surface area contributed by atoms with Gasteiger partial charge in [0, 0.05) is 28.0 Å². The van der Waals surface area contributed by atoms with Crippen molar-refractivity contribution in [3.8, 4) is 11.3 Å². The molecule has 3 nitrogen and oxygen atoms in total. The minimum Gasteiger partial charge on any atom is -0.261 e. The SMILES string of the molecule is CN=c1scc(-c2ccc(F)cc2)n1/N=C/c1ccccc1Br. The highest BCUT2D eigenvalue weighted by Crippen LogP contribution is 2.21. The molecule has 0 saturated heterocycles. The molecule has 3 aromatic rings. The Kier molecular flexibility index (Phi) is 4.83. The third kappa shape index (κ3) is 3.48. The Bertz CT molecular complexity index is 910. The molecule has 2 aromatic carbocycles. The van der Waals surface area contributed by atoms with Gasteiger partial charge in [-0.25, -0.2) is 9.07 Å². The number of hydrogen-bond donors (Lipinski definition) is 0. The van der Waals surface area contributed by atoms with Gasteiger partial charge in [0.25, 0.3) is 0 Å². The highest BCUT2D eigenvalue weighted by molar-refractivity contribution is 9.10. The van der Waals surface area contributed by atoms with Crippen LogP contribution in [0.5, 0.6) is 0 Å². The summed E-state index contributed by atoms with van der Waals surface area (Å²) in [4.78, 5) is 5.02. The lowest BCUT2D eigenvalue weighted by molar-refractivity contribution is 0.628. The Morgan fingerprint density at radius 1 is 1.13 bits per heavy atom. The topological polar surface area (TPSA) is 29.6 Å². The third-order valence-corrected chi connectivity index (χ3v) is 4.86. The van der Waals surface area contributed by atoms with Gasteiger partial charge >= 0.3 is 0 Å². The Labute approximate surface area is 145 Å². The molecule has 0 unspecified atom stereocenters. The predicted octanol–water partition coefficient (Wildman–Crippen LogP) is 4.53. The molecule has 0 spiro atoms. The lowest BCUT2D eigenvalue weighted by atomic mass is 10.2. The molecule has 0 bridgehead atoms. The first-order chi connectivity index (χ1) is 11.2. The van der Waals surface area contributed by atoms with Crippen molar-refractivity contribution in [1.29, 1.82) is 0 Å². The molecule has 0 fully saturated rings. The fourth-order valence-electron chi connectivity index (χ4n) is 2.08. The van der Waals surface area contributed by atoms with Gasteiger partial charge in [0.2, 0.25) is 4.80 Å². The van der Waals surface area contributed by atoms with E-state index in [4.69, 9.17) is 0 Å². The van der Waals surface area contributed by atoms with E-state index in [-0.39, 0.29) is 5.82 Å². The standard InChI is InChI=1S/C17H13BrFN3S/c1-20-17-22(21-10-13-4-2-3-5-15(13)18)16(11-23-17)12-6-8-14(19)9-7-12/h2-11H,1H3/b20-17?,21-10+. The summed E-state index contributed by atoms with van der Waals surface area (Å²) in [6.07, 6.45) is 1.78. The van der Waals surface area contributed by atoms with E-state index in [2.05, 4.69) is 26.0 Å². The van der Waals surface area contributed by atoms with E-state index in [0.717, 1.165) is 26.1 Å². The van der Waals surface area contributed by atoms with Crippen molar-refractivity contribution in [2.24, 2.45) is 10.1 Å². The van der Waals surface area contributed by atoms with Crippen LogP contribution >= 0.6 is 27.3 Å². The van der Waals surface area contributed by atoms with Gasteiger partial charge in [-0.3, -0.25) is 4.99 Å². The first-order valence-corrected chi connectivity index (χ1v) is 8.54. The Morgan fingerprint density at radius 3 is 2.57 bits per heavy atom. The summed E-state index contributed by atoms with van der Waals surface area (Å²) in [5.74, 6) is -0.257. The van der Waals surface area contributed by atoms with Gasteiger partial charge in [-0.1, -0.05) is 34.1 Å². The highest BCUT2D eigenvalue weighted by Gasteiger charge is 2.07. The molecule has 0 amide bonds. The number of rotatable bonds is 3. The molecule has 0 saturated carbocycles. The van der Waals surface area contributed by atoms with E-state index in [1.54, 1.807) is 30.1 Å². The van der Waals surface area contributed by atoms with Crippen LogP contribution in [0.4, 0.5) is 4.39 Å².